The van der Waals surface area contributed by atoms with Crippen LogP contribution in [0.15, 0.2) is 0 Å². The van der Waals surface area contributed by atoms with Gasteiger partial charge in [0.15, 0.2) is 0 Å². The van der Waals surface area contributed by atoms with Gasteiger partial charge in [-0.3, -0.25) is 9.69 Å². The van der Waals surface area contributed by atoms with E-state index in [4.69, 9.17) is 9.84 Å². The summed E-state index contributed by atoms with van der Waals surface area (Å²) in [6.07, 6.45) is 2.62. The monoisotopic (exact) mass is 243 g/mol. The summed E-state index contributed by atoms with van der Waals surface area (Å²) in [5, 5.41) is 8.75. The summed E-state index contributed by atoms with van der Waals surface area (Å²) in [6.45, 7) is 8.84. The lowest BCUT2D eigenvalue weighted by molar-refractivity contribution is -0.137. The molecular weight excluding hydrogens is 218 g/mol. The minimum Gasteiger partial charge on any atom is -0.481 e. The summed E-state index contributed by atoms with van der Waals surface area (Å²) in [5.74, 6) is -0.174. The fourth-order valence-electron chi connectivity index (χ4n) is 2.44. The number of ether oxygens (including phenoxy) is 1. The number of aliphatic carboxylic acids is 1. The highest BCUT2D eigenvalue weighted by molar-refractivity contribution is 5.66. The highest BCUT2D eigenvalue weighted by Crippen LogP contribution is 2.23. The summed E-state index contributed by atoms with van der Waals surface area (Å²) >= 11 is 0. The van der Waals surface area contributed by atoms with Crippen LogP contribution in [0.25, 0.3) is 0 Å². The van der Waals surface area contributed by atoms with Gasteiger partial charge in [0.1, 0.15) is 0 Å². The molecule has 0 radical (unpaired) electrons. The number of nitrogens with zero attached hydrogens (tertiary/aromatic N) is 1. The van der Waals surface area contributed by atoms with E-state index in [1.165, 1.54) is 0 Å². The normalized spacial score (nSPS) is 25.5. The minimum absolute atomic E-state index is 0.234. The summed E-state index contributed by atoms with van der Waals surface area (Å²) < 4.78 is 5.75. The van der Waals surface area contributed by atoms with Crippen molar-refractivity contribution in [1.29, 1.82) is 0 Å². The maximum Gasteiger partial charge on any atom is 0.304 e. The molecule has 100 valence electrons. The van der Waals surface area contributed by atoms with Crippen LogP contribution in [0.5, 0.6) is 0 Å². The lowest BCUT2D eigenvalue weighted by atomic mass is 9.94. The summed E-state index contributed by atoms with van der Waals surface area (Å²) in [7, 11) is 0. The fourth-order valence-corrected chi connectivity index (χ4v) is 2.44. The molecule has 0 aromatic rings. The molecule has 2 atom stereocenters. The van der Waals surface area contributed by atoms with Crippen LogP contribution in [-0.4, -0.2) is 47.8 Å². The van der Waals surface area contributed by atoms with Gasteiger partial charge in [0.05, 0.1) is 12.5 Å². The van der Waals surface area contributed by atoms with Gasteiger partial charge in [-0.15, -0.1) is 0 Å². The number of carboxylic acids is 1. The van der Waals surface area contributed by atoms with Crippen LogP contribution in [-0.2, 0) is 9.53 Å². The largest absolute Gasteiger partial charge is 0.481 e. The molecule has 0 aromatic heterocycles. The lowest BCUT2D eigenvalue weighted by Crippen LogP contribution is -2.44. The number of hydrogen-bond donors (Lipinski definition) is 1. The van der Waals surface area contributed by atoms with E-state index >= 15 is 0 Å². The highest BCUT2D eigenvalue weighted by atomic mass is 16.5. The maximum atomic E-state index is 10.6. The maximum absolute atomic E-state index is 10.6. The third-order valence-corrected chi connectivity index (χ3v) is 3.57. The first-order chi connectivity index (χ1) is 8.04. The molecule has 1 rings (SSSR count). The van der Waals surface area contributed by atoms with Crippen molar-refractivity contribution in [1.82, 2.24) is 4.90 Å². The standard InChI is InChI=1S/C13H25NO3/c1-4-14(7-5-13(15)16)11-6-8-17-12(9-11)10(2)3/h10-12H,4-9H2,1-3H3,(H,15,16). The molecule has 2 unspecified atom stereocenters. The van der Waals surface area contributed by atoms with Gasteiger partial charge in [0.25, 0.3) is 0 Å². The zero-order chi connectivity index (χ0) is 12.8. The van der Waals surface area contributed by atoms with E-state index in [0.29, 0.717) is 24.6 Å². The van der Waals surface area contributed by atoms with Crippen molar-refractivity contribution in [2.45, 2.75) is 52.2 Å². The minimum atomic E-state index is -0.712. The molecule has 17 heavy (non-hydrogen) atoms. The molecule has 1 heterocycles. The van der Waals surface area contributed by atoms with E-state index in [0.717, 1.165) is 26.0 Å². The topological polar surface area (TPSA) is 49.8 Å². The SMILES string of the molecule is CCN(CCC(=O)O)C1CCOC(C(C)C)C1. The summed E-state index contributed by atoms with van der Waals surface area (Å²) in [4.78, 5) is 12.9. The van der Waals surface area contributed by atoms with Crippen LogP contribution in [0.3, 0.4) is 0 Å². The second kappa shape index (κ2) is 6.97. The predicted octanol–water partition coefficient (Wildman–Crippen LogP) is 1.99. The molecule has 4 nitrogen and oxygen atoms in total. The van der Waals surface area contributed by atoms with Gasteiger partial charge < -0.3 is 9.84 Å². The first kappa shape index (κ1) is 14.5. The van der Waals surface area contributed by atoms with Crippen molar-refractivity contribution in [3.63, 3.8) is 0 Å². The summed E-state index contributed by atoms with van der Waals surface area (Å²) in [5.41, 5.74) is 0. The molecule has 0 aromatic carbocycles. The molecule has 1 N–H and O–H groups in total. The Hall–Kier alpha value is -0.610. The molecule has 4 heteroatoms. The molecule has 0 bridgehead atoms. The van der Waals surface area contributed by atoms with Crippen molar-refractivity contribution in [2.24, 2.45) is 5.92 Å². The second-order valence-electron chi connectivity index (χ2n) is 5.10. The average Bonchev–Trinajstić information content (AvgIpc) is 2.30. The van der Waals surface area contributed by atoms with Gasteiger partial charge in [-0.05, 0) is 25.3 Å². The zero-order valence-electron chi connectivity index (χ0n) is 11.2. The molecule has 0 aliphatic carbocycles. The van der Waals surface area contributed by atoms with Crippen LogP contribution in [0.4, 0.5) is 0 Å². The van der Waals surface area contributed by atoms with Crippen LogP contribution >= 0.6 is 0 Å². The molecule has 1 fully saturated rings. The molecule has 0 amide bonds. The summed E-state index contributed by atoms with van der Waals surface area (Å²) in [6, 6.07) is 0.487. The van der Waals surface area contributed by atoms with E-state index in [-0.39, 0.29) is 6.42 Å². The van der Waals surface area contributed by atoms with Gasteiger partial charge in [0, 0.05) is 19.2 Å². The fraction of sp³-hybridized carbons (Fsp3) is 0.923. The molecule has 1 saturated heterocycles. The van der Waals surface area contributed by atoms with E-state index in [9.17, 15) is 4.79 Å². The van der Waals surface area contributed by atoms with E-state index in [1.807, 2.05) is 0 Å². The van der Waals surface area contributed by atoms with E-state index < -0.39 is 5.97 Å². The molecule has 1 aliphatic heterocycles. The van der Waals surface area contributed by atoms with Gasteiger partial charge in [-0.1, -0.05) is 20.8 Å². The first-order valence-electron chi connectivity index (χ1n) is 6.62. The number of rotatable bonds is 6. The number of carbonyl (C=O) groups is 1. The van der Waals surface area contributed by atoms with Crippen molar-refractivity contribution < 1.29 is 14.6 Å². The lowest BCUT2D eigenvalue weighted by Gasteiger charge is -2.38. The molecular formula is C13H25NO3. The van der Waals surface area contributed by atoms with Gasteiger partial charge in [-0.25, -0.2) is 0 Å². The van der Waals surface area contributed by atoms with Crippen LogP contribution < -0.4 is 0 Å². The smallest absolute Gasteiger partial charge is 0.304 e. The Bertz CT molecular complexity index is 243. The molecule has 1 aliphatic rings. The highest BCUT2D eigenvalue weighted by Gasteiger charge is 2.28. The van der Waals surface area contributed by atoms with Crippen molar-refractivity contribution in [2.75, 3.05) is 19.7 Å². The predicted molar refractivity (Wildman–Crippen MR) is 67.1 cm³/mol. The zero-order valence-corrected chi connectivity index (χ0v) is 11.2. The van der Waals surface area contributed by atoms with Crippen molar-refractivity contribution in [3.05, 3.63) is 0 Å². The second-order valence-corrected chi connectivity index (χ2v) is 5.10. The van der Waals surface area contributed by atoms with E-state index in [1.54, 1.807) is 0 Å². The van der Waals surface area contributed by atoms with Crippen LogP contribution in [0, 0.1) is 5.92 Å². The van der Waals surface area contributed by atoms with Crippen molar-refractivity contribution >= 4 is 5.97 Å². The van der Waals surface area contributed by atoms with Gasteiger partial charge in [0.2, 0.25) is 0 Å². The Morgan fingerprint density at radius 1 is 1.53 bits per heavy atom. The number of hydrogen-bond acceptors (Lipinski definition) is 3. The molecule has 0 spiro atoms. The molecule has 0 saturated carbocycles. The van der Waals surface area contributed by atoms with Gasteiger partial charge in [-0.2, -0.15) is 0 Å². The van der Waals surface area contributed by atoms with E-state index in [2.05, 4.69) is 25.7 Å². The quantitative estimate of drug-likeness (QED) is 0.775. The Labute approximate surface area is 104 Å². The third-order valence-electron chi connectivity index (χ3n) is 3.57. The Balaban J connectivity index is 2.47. The Morgan fingerprint density at radius 2 is 2.24 bits per heavy atom. The van der Waals surface area contributed by atoms with Crippen LogP contribution in [0.1, 0.15) is 40.0 Å². The number of carboxylic acid groups (broad SMARTS) is 1. The van der Waals surface area contributed by atoms with Gasteiger partial charge >= 0.3 is 5.97 Å². The van der Waals surface area contributed by atoms with Crippen molar-refractivity contribution in [3.8, 4) is 0 Å². The average molecular weight is 243 g/mol. The Kier molecular flexibility index (Phi) is 5.92. The first-order valence-corrected chi connectivity index (χ1v) is 6.62. The van der Waals surface area contributed by atoms with Crippen LogP contribution in [0.2, 0.25) is 0 Å². The third kappa shape index (κ3) is 4.64. The Morgan fingerprint density at radius 3 is 2.76 bits per heavy atom.